The molecule has 1 rings (SSSR count). The molecule has 12 heavy (non-hydrogen) atoms. The average molecular weight is 226 g/mol. The first-order valence-electron chi connectivity index (χ1n) is 3.39. The Labute approximate surface area is 86.0 Å². The van der Waals surface area contributed by atoms with Crippen LogP contribution >= 0.6 is 34.8 Å². The molecule has 0 saturated carbocycles. The summed E-state index contributed by atoms with van der Waals surface area (Å²) in [6.07, 6.45) is 4.69. The SMILES string of the molecule is CC1=CC(C(Cl)(Cl)Cl)C=CC1=O. The van der Waals surface area contributed by atoms with Crippen LogP contribution in [0.5, 0.6) is 0 Å². The molecule has 4 heteroatoms. The van der Waals surface area contributed by atoms with Gasteiger partial charge < -0.3 is 0 Å². The van der Waals surface area contributed by atoms with Crippen molar-refractivity contribution in [1.29, 1.82) is 0 Å². The standard InChI is InChI=1S/C8H7Cl3O/c1-5-4-6(8(9,10)11)2-3-7(5)12/h2-4,6H,1H3. The molecule has 0 amide bonds. The molecule has 0 aromatic rings. The maximum atomic E-state index is 11.0. The number of allylic oxidation sites excluding steroid dienone is 4. The molecule has 0 aliphatic heterocycles. The monoisotopic (exact) mass is 224 g/mol. The van der Waals surface area contributed by atoms with Crippen LogP contribution in [0.3, 0.4) is 0 Å². The maximum Gasteiger partial charge on any atom is 0.200 e. The molecule has 1 aliphatic rings. The Bertz CT molecular complexity index is 260. The van der Waals surface area contributed by atoms with Gasteiger partial charge in [0.05, 0.1) is 0 Å². The first-order chi connectivity index (χ1) is 5.41. The number of halogens is 3. The summed E-state index contributed by atoms with van der Waals surface area (Å²) in [5.74, 6) is -0.333. The van der Waals surface area contributed by atoms with Crippen molar-refractivity contribution in [2.45, 2.75) is 10.7 Å². The van der Waals surface area contributed by atoms with Gasteiger partial charge in [0.15, 0.2) is 9.58 Å². The smallest absolute Gasteiger partial charge is 0.200 e. The van der Waals surface area contributed by atoms with Crippen molar-refractivity contribution in [2.75, 3.05) is 0 Å². The number of alkyl halides is 3. The van der Waals surface area contributed by atoms with E-state index in [2.05, 4.69) is 0 Å². The maximum absolute atomic E-state index is 11.0. The molecule has 1 unspecified atom stereocenters. The molecular formula is C8H7Cl3O. The van der Waals surface area contributed by atoms with E-state index in [1.54, 1.807) is 19.1 Å². The number of hydrogen-bond acceptors (Lipinski definition) is 1. The number of rotatable bonds is 0. The lowest BCUT2D eigenvalue weighted by molar-refractivity contribution is -0.111. The highest BCUT2D eigenvalue weighted by Crippen LogP contribution is 2.38. The summed E-state index contributed by atoms with van der Waals surface area (Å²) in [7, 11) is 0. The zero-order valence-electron chi connectivity index (χ0n) is 6.35. The van der Waals surface area contributed by atoms with Crippen LogP contribution in [0.25, 0.3) is 0 Å². The van der Waals surface area contributed by atoms with Gasteiger partial charge in [-0.15, -0.1) is 0 Å². The van der Waals surface area contributed by atoms with Crippen LogP contribution in [0.4, 0.5) is 0 Å². The van der Waals surface area contributed by atoms with Crippen molar-refractivity contribution in [3.05, 3.63) is 23.8 Å². The van der Waals surface area contributed by atoms with Gasteiger partial charge in [0.2, 0.25) is 0 Å². The molecule has 0 N–H and O–H groups in total. The molecule has 0 heterocycles. The molecule has 0 bridgehead atoms. The van der Waals surface area contributed by atoms with Crippen LogP contribution in [-0.4, -0.2) is 9.58 Å². The first-order valence-corrected chi connectivity index (χ1v) is 4.52. The van der Waals surface area contributed by atoms with Gasteiger partial charge in [-0.2, -0.15) is 0 Å². The third kappa shape index (κ3) is 2.25. The Morgan fingerprint density at radius 3 is 2.42 bits per heavy atom. The summed E-state index contributed by atoms with van der Waals surface area (Å²) < 4.78 is -1.36. The highest BCUT2D eigenvalue weighted by molar-refractivity contribution is 6.68. The molecule has 1 atom stereocenters. The molecule has 0 radical (unpaired) electrons. The fourth-order valence-electron chi connectivity index (χ4n) is 0.933. The van der Waals surface area contributed by atoms with Crippen molar-refractivity contribution in [1.82, 2.24) is 0 Å². The number of hydrogen-bond donors (Lipinski definition) is 0. The zero-order chi connectivity index (χ0) is 9.35. The van der Waals surface area contributed by atoms with Gasteiger partial charge in [-0.05, 0) is 18.6 Å². The second-order valence-electron chi connectivity index (χ2n) is 2.64. The minimum Gasteiger partial charge on any atom is -0.290 e. The second kappa shape index (κ2) is 3.41. The summed E-state index contributed by atoms with van der Waals surface area (Å²) in [6, 6.07) is 0. The van der Waals surface area contributed by atoms with E-state index in [1.165, 1.54) is 6.08 Å². The second-order valence-corrected chi connectivity index (χ2v) is 5.01. The molecular weight excluding hydrogens is 218 g/mol. The summed E-state index contributed by atoms with van der Waals surface area (Å²) in [4.78, 5) is 11.0. The van der Waals surface area contributed by atoms with E-state index in [-0.39, 0.29) is 11.7 Å². The van der Waals surface area contributed by atoms with Crippen LogP contribution in [0.2, 0.25) is 0 Å². The minimum absolute atomic E-state index is 0.0273. The van der Waals surface area contributed by atoms with E-state index >= 15 is 0 Å². The van der Waals surface area contributed by atoms with E-state index < -0.39 is 3.79 Å². The molecule has 0 aromatic carbocycles. The first kappa shape index (κ1) is 10.1. The van der Waals surface area contributed by atoms with E-state index in [4.69, 9.17) is 34.8 Å². The Balaban J connectivity index is 2.87. The van der Waals surface area contributed by atoms with Gasteiger partial charge in [0, 0.05) is 5.92 Å². The Morgan fingerprint density at radius 2 is 2.00 bits per heavy atom. The predicted molar refractivity (Wildman–Crippen MR) is 51.7 cm³/mol. The third-order valence-electron chi connectivity index (χ3n) is 1.65. The lowest BCUT2D eigenvalue weighted by Crippen LogP contribution is -2.18. The largest absolute Gasteiger partial charge is 0.290 e. The van der Waals surface area contributed by atoms with E-state index in [1.807, 2.05) is 0 Å². The van der Waals surface area contributed by atoms with E-state index in [0.29, 0.717) is 5.57 Å². The highest BCUT2D eigenvalue weighted by Gasteiger charge is 2.30. The van der Waals surface area contributed by atoms with E-state index in [0.717, 1.165) is 0 Å². The lowest BCUT2D eigenvalue weighted by atomic mass is 9.98. The van der Waals surface area contributed by atoms with Crippen molar-refractivity contribution in [2.24, 2.45) is 5.92 Å². The van der Waals surface area contributed by atoms with Crippen molar-refractivity contribution in [3.8, 4) is 0 Å². The quantitative estimate of drug-likeness (QED) is 0.579. The topological polar surface area (TPSA) is 17.1 Å². The molecule has 0 saturated heterocycles. The Hall–Kier alpha value is 0.0200. The number of ketones is 1. The molecule has 1 aliphatic carbocycles. The van der Waals surface area contributed by atoms with Crippen molar-refractivity contribution >= 4 is 40.6 Å². The fourth-order valence-corrected chi connectivity index (χ4v) is 1.34. The molecule has 0 fully saturated rings. The van der Waals surface area contributed by atoms with Crippen molar-refractivity contribution in [3.63, 3.8) is 0 Å². The summed E-state index contributed by atoms with van der Waals surface area (Å²) in [5.41, 5.74) is 0.619. The Kier molecular flexibility index (Phi) is 2.87. The summed E-state index contributed by atoms with van der Waals surface area (Å²) in [6.45, 7) is 1.70. The summed E-state index contributed by atoms with van der Waals surface area (Å²) >= 11 is 16.9. The molecule has 0 spiro atoms. The molecule has 66 valence electrons. The Morgan fingerprint density at radius 1 is 1.42 bits per heavy atom. The van der Waals surface area contributed by atoms with Crippen LogP contribution in [0, 0.1) is 5.92 Å². The normalized spacial score (nSPS) is 24.2. The number of carbonyl (C=O) groups excluding carboxylic acids is 1. The van der Waals surface area contributed by atoms with Crippen LogP contribution in [0.1, 0.15) is 6.92 Å². The zero-order valence-corrected chi connectivity index (χ0v) is 8.62. The highest BCUT2D eigenvalue weighted by atomic mass is 35.6. The summed E-state index contributed by atoms with van der Waals surface area (Å²) in [5, 5.41) is 0. The fraction of sp³-hybridized carbons (Fsp3) is 0.375. The average Bonchev–Trinajstić information content (AvgIpc) is 1.92. The number of carbonyl (C=O) groups is 1. The van der Waals surface area contributed by atoms with Gasteiger partial charge in [0.1, 0.15) is 0 Å². The van der Waals surface area contributed by atoms with Gasteiger partial charge in [0.25, 0.3) is 0 Å². The molecule has 0 aromatic heterocycles. The van der Waals surface area contributed by atoms with Gasteiger partial charge in [-0.3, -0.25) is 4.79 Å². The molecule has 1 nitrogen and oxygen atoms in total. The lowest BCUT2D eigenvalue weighted by Gasteiger charge is -2.20. The van der Waals surface area contributed by atoms with E-state index in [9.17, 15) is 4.79 Å². The van der Waals surface area contributed by atoms with Crippen molar-refractivity contribution < 1.29 is 4.79 Å². The van der Waals surface area contributed by atoms with Crippen LogP contribution in [-0.2, 0) is 4.79 Å². The van der Waals surface area contributed by atoms with Gasteiger partial charge in [-0.25, -0.2) is 0 Å². The predicted octanol–water partition coefficient (Wildman–Crippen LogP) is 3.06. The minimum atomic E-state index is -1.36. The van der Waals surface area contributed by atoms with Crippen LogP contribution in [0.15, 0.2) is 23.8 Å². The van der Waals surface area contributed by atoms with Gasteiger partial charge >= 0.3 is 0 Å². The third-order valence-corrected chi connectivity index (χ3v) is 2.41. The van der Waals surface area contributed by atoms with Crippen LogP contribution < -0.4 is 0 Å². The van der Waals surface area contributed by atoms with Gasteiger partial charge in [-0.1, -0.05) is 47.0 Å².